The number of fused-ring (bicyclic) bond motifs is 2. The molecule has 10 heteroatoms. The first-order chi connectivity index (χ1) is 14.3. The maximum absolute atomic E-state index is 12.8. The number of hydrogen-bond donors (Lipinski definition) is 0. The van der Waals surface area contributed by atoms with E-state index in [2.05, 4.69) is 16.9 Å². The zero-order valence-electron chi connectivity index (χ0n) is 16.4. The average molecular weight is 419 g/mol. The van der Waals surface area contributed by atoms with Crippen LogP contribution in [0.4, 0.5) is 19.1 Å². The molecular formula is C20H20F3N5O2. The molecule has 30 heavy (non-hydrogen) atoms. The highest BCUT2D eigenvalue weighted by atomic mass is 19.4. The Balaban J connectivity index is 1.17. The van der Waals surface area contributed by atoms with Gasteiger partial charge in [0.1, 0.15) is 0 Å². The summed E-state index contributed by atoms with van der Waals surface area (Å²) in [5.41, 5.74) is 4.52. The molecule has 0 aliphatic carbocycles. The first-order valence-corrected chi connectivity index (χ1v) is 9.79. The van der Waals surface area contributed by atoms with Crippen molar-refractivity contribution in [2.75, 3.05) is 18.0 Å². The Bertz CT molecular complexity index is 1000. The SMILES string of the molecule is Cc1c2c(nc3c1CN(C(=O)CC1CN(c4ncc(C(F)(F)F)cn4)C1)C3)COC2. The lowest BCUT2D eigenvalue weighted by Gasteiger charge is -2.39. The number of anilines is 1. The number of carbonyl (C=O) groups is 1. The van der Waals surface area contributed by atoms with Gasteiger partial charge in [-0.25, -0.2) is 9.97 Å². The van der Waals surface area contributed by atoms with Gasteiger partial charge in [0.05, 0.1) is 36.7 Å². The summed E-state index contributed by atoms with van der Waals surface area (Å²) in [4.78, 5) is 28.7. The van der Waals surface area contributed by atoms with Crippen LogP contribution in [-0.2, 0) is 42.0 Å². The van der Waals surface area contributed by atoms with Crippen molar-refractivity contribution in [3.8, 4) is 0 Å². The van der Waals surface area contributed by atoms with Crippen molar-refractivity contribution in [2.45, 2.75) is 45.8 Å². The standard InChI is InChI=1S/C20H20F3N5O2/c1-11-14-7-27(8-16(14)26-17-10-30-9-15(11)17)18(29)2-12-5-28(6-12)19-24-3-13(4-25-19)20(21,22)23/h3-4,12H,2,5-10H2,1H3. The van der Waals surface area contributed by atoms with Crippen LogP contribution in [0.3, 0.4) is 0 Å². The number of alkyl halides is 3. The molecule has 0 N–H and O–H groups in total. The van der Waals surface area contributed by atoms with E-state index in [9.17, 15) is 18.0 Å². The number of amides is 1. The second-order valence-corrected chi connectivity index (χ2v) is 8.07. The third-order valence-corrected chi connectivity index (χ3v) is 6.07. The number of hydrogen-bond acceptors (Lipinski definition) is 6. The molecule has 1 fully saturated rings. The van der Waals surface area contributed by atoms with E-state index in [1.165, 1.54) is 5.56 Å². The van der Waals surface area contributed by atoms with Gasteiger partial charge in [0.2, 0.25) is 11.9 Å². The van der Waals surface area contributed by atoms with Crippen LogP contribution in [0.1, 0.15) is 40.1 Å². The molecule has 5 rings (SSSR count). The first-order valence-electron chi connectivity index (χ1n) is 9.79. The van der Waals surface area contributed by atoms with Gasteiger partial charge in [-0.05, 0) is 18.1 Å². The van der Waals surface area contributed by atoms with E-state index in [0.29, 0.717) is 45.8 Å². The molecule has 2 aromatic rings. The number of nitrogens with zero attached hydrogens (tertiary/aromatic N) is 5. The number of pyridine rings is 1. The van der Waals surface area contributed by atoms with Crippen molar-refractivity contribution in [1.82, 2.24) is 19.9 Å². The van der Waals surface area contributed by atoms with Gasteiger partial charge in [0, 0.05) is 49.9 Å². The summed E-state index contributed by atoms with van der Waals surface area (Å²) in [6.07, 6.45) is -2.47. The summed E-state index contributed by atoms with van der Waals surface area (Å²) >= 11 is 0. The van der Waals surface area contributed by atoms with Crippen molar-refractivity contribution < 1.29 is 22.7 Å². The van der Waals surface area contributed by atoms with Crippen LogP contribution in [0.5, 0.6) is 0 Å². The molecule has 5 heterocycles. The Morgan fingerprint density at radius 2 is 1.87 bits per heavy atom. The van der Waals surface area contributed by atoms with Crippen molar-refractivity contribution in [1.29, 1.82) is 0 Å². The smallest absolute Gasteiger partial charge is 0.370 e. The Morgan fingerprint density at radius 1 is 1.13 bits per heavy atom. The maximum Gasteiger partial charge on any atom is 0.419 e. The van der Waals surface area contributed by atoms with Crippen molar-refractivity contribution in [2.24, 2.45) is 5.92 Å². The zero-order chi connectivity index (χ0) is 21.0. The van der Waals surface area contributed by atoms with Crippen molar-refractivity contribution in [3.63, 3.8) is 0 Å². The third kappa shape index (κ3) is 3.28. The molecule has 0 aromatic carbocycles. The van der Waals surface area contributed by atoms with Crippen LogP contribution in [-0.4, -0.2) is 38.8 Å². The van der Waals surface area contributed by atoms with E-state index in [1.807, 2.05) is 4.90 Å². The predicted octanol–water partition coefficient (Wildman–Crippen LogP) is 2.60. The van der Waals surface area contributed by atoms with Crippen LogP contribution in [0.2, 0.25) is 0 Å². The minimum absolute atomic E-state index is 0.0711. The highest BCUT2D eigenvalue weighted by Crippen LogP contribution is 2.33. The van der Waals surface area contributed by atoms with Crippen LogP contribution in [0, 0.1) is 12.8 Å². The van der Waals surface area contributed by atoms with E-state index in [-0.39, 0.29) is 17.8 Å². The minimum atomic E-state index is -4.45. The van der Waals surface area contributed by atoms with E-state index in [4.69, 9.17) is 9.72 Å². The number of carbonyl (C=O) groups excluding carboxylic acids is 1. The fraction of sp³-hybridized carbons (Fsp3) is 0.500. The Hall–Kier alpha value is -2.75. The normalized spacial score (nSPS) is 18.4. The molecule has 0 unspecified atom stereocenters. The lowest BCUT2D eigenvalue weighted by atomic mass is 9.96. The maximum atomic E-state index is 12.8. The van der Waals surface area contributed by atoms with Crippen LogP contribution in [0.15, 0.2) is 12.4 Å². The quantitative estimate of drug-likeness (QED) is 0.762. The summed E-state index contributed by atoms with van der Waals surface area (Å²) in [7, 11) is 0. The van der Waals surface area contributed by atoms with Crippen molar-refractivity contribution >= 4 is 11.9 Å². The van der Waals surface area contributed by atoms with Gasteiger partial charge >= 0.3 is 6.18 Å². The molecule has 3 aliphatic rings. The van der Waals surface area contributed by atoms with Crippen LogP contribution < -0.4 is 4.90 Å². The molecule has 7 nitrogen and oxygen atoms in total. The summed E-state index contributed by atoms with van der Waals surface area (Å²) in [5.74, 6) is 0.471. The van der Waals surface area contributed by atoms with Gasteiger partial charge in [-0.2, -0.15) is 13.2 Å². The lowest BCUT2D eigenvalue weighted by Crippen LogP contribution is -2.49. The van der Waals surface area contributed by atoms with Gasteiger partial charge in [-0.1, -0.05) is 0 Å². The molecule has 158 valence electrons. The summed E-state index contributed by atoms with van der Waals surface area (Å²) in [6, 6.07) is 0. The van der Waals surface area contributed by atoms with Crippen LogP contribution in [0.25, 0.3) is 0 Å². The Labute approximate surface area is 170 Å². The first kappa shape index (κ1) is 19.2. The van der Waals surface area contributed by atoms with Crippen molar-refractivity contribution in [3.05, 3.63) is 46.0 Å². The number of halogens is 3. The van der Waals surface area contributed by atoms with Gasteiger partial charge in [-0.3, -0.25) is 9.78 Å². The molecule has 0 radical (unpaired) electrons. The van der Waals surface area contributed by atoms with Gasteiger partial charge in [0.25, 0.3) is 0 Å². The summed E-state index contributed by atoms with van der Waals surface area (Å²) < 4.78 is 43.3. The molecule has 0 atom stereocenters. The minimum Gasteiger partial charge on any atom is -0.370 e. The molecule has 3 aliphatic heterocycles. The number of ether oxygens (including phenoxy) is 1. The molecule has 0 saturated carbocycles. The number of rotatable bonds is 3. The fourth-order valence-corrected chi connectivity index (χ4v) is 4.29. The van der Waals surface area contributed by atoms with Gasteiger partial charge in [0.15, 0.2) is 0 Å². The lowest BCUT2D eigenvalue weighted by molar-refractivity contribution is -0.138. The molecule has 1 saturated heterocycles. The van der Waals surface area contributed by atoms with Crippen LogP contribution >= 0.6 is 0 Å². The second-order valence-electron chi connectivity index (χ2n) is 8.07. The third-order valence-electron chi connectivity index (χ3n) is 6.07. The molecular weight excluding hydrogens is 399 g/mol. The van der Waals surface area contributed by atoms with E-state index < -0.39 is 11.7 Å². The molecule has 0 spiro atoms. The fourth-order valence-electron chi connectivity index (χ4n) is 4.29. The van der Waals surface area contributed by atoms with E-state index in [1.54, 1.807) is 4.90 Å². The van der Waals surface area contributed by atoms with E-state index >= 15 is 0 Å². The monoisotopic (exact) mass is 419 g/mol. The van der Waals surface area contributed by atoms with Gasteiger partial charge < -0.3 is 14.5 Å². The van der Waals surface area contributed by atoms with E-state index in [0.717, 1.165) is 34.9 Å². The Kier molecular flexibility index (Phi) is 4.42. The zero-order valence-corrected chi connectivity index (χ0v) is 16.4. The molecule has 0 bridgehead atoms. The molecule has 1 amide bonds. The highest BCUT2D eigenvalue weighted by molar-refractivity contribution is 5.77. The predicted molar refractivity (Wildman–Crippen MR) is 99.1 cm³/mol. The number of aromatic nitrogens is 3. The largest absolute Gasteiger partial charge is 0.419 e. The Morgan fingerprint density at radius 3 is 2.57 bits per heavy atom. The summed E-state index contributed by atoms with van der Waals surface area (Å²) in [6.45, 7) is 5.37. The highest BCUT2D eigenvalue weighted by Gasteiger charge is 2.36. The van der Waals surface area contributed by atoms with Gasteiger partial charge in [-0.15, -0.1) is 0 Å². The topological polar surface area (TPSA) is 71.5 Å². The molecule has 2 aromatic heterocycles. The summed E-state index contributed by atoms with van der Waals surface area (Å²) in [5, 5.41) is 0. The second kappa shape index (κ2) is 6.90. The average Bonchev–Trinajstić information content (AvgIpc) is 3.31.